The molecule has 3 aliphatic rings. The van der Waals surface area contributed by atoms with Crippen molar-refractivity contribution in [2.75, 3.05) is 6.54 Å². The zero-order valence-corrected chi connectivity index (χ0v) is 28.7. The first-order chi connectivity index (χ1) is 20.8. The molecule has 0 aromatic heterocycles. The van der Waals surface area contributed by atoms with Crippen molar-refractivity contribution in [1.82, 2.24) is 20.9 Å². The molecule has 5 amide bonds. The van der Waals surface area contributed by atoms with Crippen molar-refractivity contribution in [2.24, 2.45) is 40.2 Å². The van der Waals surface area contributed by atoms with E-state index in [1.54, 1.807) is 0 Å². The third-order valence-corrected chi connectivity index (χ3v) is 9.88. The lowest BCUT2D eigenvalue weighted by Gasteiger charge is -2.39. The van der Waals surface area contributed by atoms with E-state index in [-0.39, 0.29) is 34.9 Å². The minimum absolute atomic E-state index is 0.0220. The van der Waals surface area contributed by atoms with Gasteiger partial charge in [0.25, 0.3) is 5.91 Å². The zero-order chi connectivity index (χ0) is 33.9. The van der Waals surface area contributed by atoms with Crippen molar-refractivity contribution in [3.63, 3.8) is 0 Å². The summed E-state index contributed by atoms with van der Waals surface area (Å²) in [5.41, 5.74) is 4.23. The third-order valence-electron chi connectivity index (χ3n) is 9.88. The Hall–Kier alpha value is -2.98. The van der Waals surface area contributed by atoms with Crippen LogP contribution in [0.1, 0.15) is 113 Å². The van der Waals surface area contributed by atoms with Gasteiger partial charge in [-0.25, -0.2) is 4.79 Å². The number of nitrogens with one attached hydrogen (secondary N) is 3. The smallest absolute Gasteiger partial charge is 0.316 e. The molecular weight excluding hydrogens is 574 g/mol. The lowest BCUT2D eigenvalue weighted by atomic mass is 9.75. The Morgan fingerprint density at radius 2 is 1.42 bits per heavy atom. The molecule has 1 saturated heterocycles. The lowest BCUT2D eigenvalue weighted by molar-refractivity contribution is -0.145. The predicted octanol–water partition coefficient (Wildman–Crippen LogP) is 3.48. The molecule has 5 atom stereocenters. The molecule has 45 heavy (non-hydrogen) atoms. The van der Waals surface area contributed by atoms with Crippen molar-refractivity contribution < 1.29 is 28.8 Å². The number of rotatable bonds is 12. The quantitative estimate of drug-likeness (QED) is 0.241. The second-order valence-electron chi connectivity index (χ2n) is 16.1. The van der Waals surface area contributed by atoms with E-state index in [2.05, 4.69) is 16.0 Å². The summed E-state index contributed by atoms with van der Waals surface area (Å²) < 4.78 is 0. The minimum atomic E-state index is -1.10. The van der Waals surface area contributed by atoms with Crippen LogP contribution in [0, 0.1) is 34.5 Å². The van der Waals surface area contributed by atoms with Crippen LogP contribution in [-0.2, 0) is 24.0 Å². The van der Waals surface area contributed by atoms with Gasteiger partial charge in [0.15, 0.2) is 5.78 Å². The van der Waals surface area contributed by atoms with Crippen LogP contribution in [0.4, 0.5) is 4.79 Å². The van der Waals surface area contributed by atoms with Gasteiger partial charge in [-0.1, -0.05) is 87.5 Å². The molecule has 0 spiro atoms. The normalized spacial score (nSPS) is 23.2. The van der Waals surface area contributed by atoms with Gasteiger partial charge in [-0.2, -0.15) is 0 Å². The highest BCUT2D eigenvalue weighted by Crippen LogP contribution is 2.40. The lowest BCUT2D eigenvalue weighted by Crippen LogP contribution is -2.62. The van der Waals surface area contributed by atoms with Gasteiger partial charge in [0.1, 0.15) is 12.1 Å². The SMILES string of the molecule is CC(C)C(=O)[C@@H](NC(=O)N[C@H](C(=O)N1CC[C@H](C(C)(C)C)[C@H]1C(=O)NC(CC1CC1)C(=O)C(N)=O)C(C)(C)C)C1CCCCC1. The molecule has 3 rings (SSSR count). The van der Waals surface area contributed by atoms with E-state index in [9.17, 15) is 28.8 Å². The zero-order valence-electron chi connectivity index (χ0n) is 28.7. The third kappa shape index (κ3) is 9.51. The highest BCUT2D eigenvalue weighted by molar-refractivity contribution is 6.37. The second-order valence-corrected chi connectivity index (χ2v) is 16.1. The van der Waals surface area contributed by atoms with Crippen LogP contribution < -0.4 is 21.7 Å². The number of likely N-dealkylation sites (tertiary alicyclic amines) is 1. The number of Topliss-reactive ketones (excluding diaryl/α,β-unsaturated/α-hetero) is 2. The number of ketones is 2. The maximum Gasteiger partial charge on any atom is 0.316 e. The van der Waals surface area contributed by atoms with Gasteiger partial charge in [-0.15, -0.1) is 0 Å². The fourth-order valence-electron chi connectivity index (χ4n) is 6.99. The van der Waals surface area contributed by atoms with Crippen LogP contribution in [0.2, 0.25) is 0 Å². The molecule has 1 aliphatic heterocycles. The number of carbonyl (C=O) groups is 6. The molecule has 3 fully saturated rings. The van der Waals surface area contributed by atoms with Crippen molar-refractivity contribution in [1.29, 1.82) is 0 Å². The monoisotopic (exact) mass is 631 g/mol. The number of urea groups is 1. The van der Waals surface area contributed by atoms with E-state index in [4.69, 9.17) is 5.73 Å². The van der Waals surface area contributed by atoms with E-state index in [1.807, 2.05) is 55.4 Å². The van der Waals surface area contributed by atoms with Crippen molar-refractivity contribution in [3.05, 3.63) is 0 Å². The van der Waals surface area contributed by atoms with Gasteiger partial charge in [-0.3, -0.25) is 24.0 Å². The Kier molecular flexibility index (Phi) is 11.9. The number of carbonyl (C=O) groups excluding carboxylic acids is 6. The molecule has 0 aromatic carbocycles. The van der Waals surface area contributed by atoms with Crippen LogP contribution in [0.25, 0.3) is 0 Å². The first kappa shape index (κ1) is 36.5. The van der Waals surface area contributed by atoms with Crippen molar-refractivity contribution >= 4 is 35.3 Å². The molecule has 2 saturated carbocycles. The average molecular weight is 632 g/mol. The molecule has 1 heterocycles. The Morgan fingerprint density at radius 3 is 1.91 bits per heavy atom. The fraction of sp³-hybridized carbons (Fsp3) is 0.824. The van der Waals surface area contributed by atoms with E-state index in [0.717, 1.165) is 44.9 Å². The first-order valence-electron chi connectivity index (χ1n) is 16.9. The summed E-state index contributed by atoms with van der Waals surface area (Å²) in [4.78, 5) is 81.0. The summed E-state index contributed by atoms with van der Waals surface area (Å²) in [6.07, 6.45) is 7.60. The van der Waals surface area contributed by atoms with E-state index >= 15 is 0 Å². The molecule has 0 radical (unpaired) electrons. The summed E-state index contributed by atoms with van der Waals surface area (Å²) in [6, 6.07) is -4.17. The molecular formula is C34H57N5O6. The average Bonchev–Trinajstić information content (AvgIpc) is 3.64. The molecule has 5 N–H and O–H groups in total. The number of hydrogen-bond donors (Lipinski definition) is 4. The molecule has 11 heteroatoms. The Morgan fingerprint density at radius 1 is 0.822 bits per heavy atom. The van der Waals surface area contributed by atoms with Crippen molar-refractivity contribution in [2.45, 2.75) is 137 Å². The predicted molar refractivity (Wildman–Crippen MR) is 172 cm³/mol. The maximum atomic E-state index is 14.4. The number of nitrogens with two attached hydrogens (primary N) is 1. The Balaban J connectivity index is 1.86. The summed E-state index contributed by atoms with van der Waals surface area (Å²) in [7, 11) is 0. The van der Waals surface area contributed by atoms with Gasteiger partial charge in [0.2, 0.25) is 17.6 Å². The highest BCUT2D eigenvalue weighted by atomic mass is 16.2. The van der Waals surface area contributed by atoms with Crippen LogP contribution >= 0.6 is 0 Å². The van der Waals surface area contributed by atoms with Gasteiger partial charge in [-0.05, 0) is 54.3 Å². The molecule has 11 nitrogen and oxygen atoms in total. The van der Waals surface area contributed by atoms with Gasteiger partial charge >= 0.3 is 6.03 Å². The van der Waals surface area contributed by atoms with Crippen LogP contribution in [0.3, 0.4) is 0 Å². The molecule has 0 bridgehead atoms. The second kappa shape index (κ2) is 14.6. The molecule has 254 valence electrons. The van der Waals surface area contributed by atoms with Crippen molar-refractivity contribution in [3.8, 4) is 0 Å². The van der Waals surface area contributed by atoms with Crippen LogP contribution in [0.15, 0.2) is 0 Å². The summed E-state index contributed by atoms with van der Waals surface area (Å²) in [5, 5.41) is 8.58. The fourth-order valence-corrected chi connectivity index (χ4v) is 6.99. The van der Waals surface area contributed by atoms with E-state index in [0.29, 0.717) is 19.4 Å². The van der Waals surface area contributed by atoms with Gasteiger partial charge in [0, 0.05) is 12.5 Å². The van der Waals surface area contributed by atoms with Crippen LogP contribution in [-0.4, -0.2) is 70.9 Å². The molecule has 1 unspecified atom stereocenters. The topological polar surface area (TPSA) is 168 Å². The van der Waals surface area contributed by atoms with Crippen LogP contribution in [0.5, 0.6) is 0 Å². The number of hydrogen-bond acceptors (Lipinski definition) is 6. The number of primary amides is 1. The molecule has 0 aromatic rings. The maximum absolute atomic E-state index is 14.4. The minimum Gasteiger partial charge on any atom is -0.363 e. The number of nitrogens with zero attached hydrogens (tertiary/aromatic N) is 1. The Bertz CT molecular complexity index is 1130. The highest BCUT2D eigenvalue weighted by Gasteiger charge is 2.50. The Labute approximate surface area is 268 Å². The summed E-state index contributed by atoms with van der Waals surface area (Å²) >= 11 is 0. The first-order valence-corrected chi connectivity index (χ1v) is 16.9. The standard InChI is InChI=1S/C34H57N5O6/c1-19(2)26(40)24(21-12-10-9-11-13-21)37-32(45)38-28(34(6,7)8)31(44)39-17-16-22(33(3,4)5)25(39)30(43)36-23(18-20-14-15-20)27(41)29(35)42/h19-25,28H,9-18H2,1-8H3,(H2,35,42)(H,36,43)(H2,37,38,45)/t22-,23?,24-,25-,28+/m0/s1. The number of amides is 5. The van der Waals surface area contributed by atoms with Gasteiger partial charge < -0.3 is 26.6 Å². The molecule has 2 aliphatic carbocycles. The summed E-state index contributed by atoms with van der Waals surface area (Å²) in [5.74, 6) is -3.06. The van der Waals surface area contributed by atoms with E-state index < -0.39 is 59.1 Å². The largest absolute Gasteiger partial charge is 0.363 e. The van der Waals surface area contributed by atoms with Gasteiger partial charge in [0.05, 0.1) is 12.1 Å². The van der Waals surface area contributed by atoms with E-state index in [1.165, 1.54) is 4.90 Å². The summed E-state index contributed by atoms with van der Waals surface area (Å²) in [6.45, 7) is 15.5.